The molecular formula is C15H21N3O2. The van der Waals surface area contributed by atoms with Crippen molar-refractivity contribution in [1.82, 2.24) is 15.5 Å². The highest BCUT2D eigenvalue weighted by Gasteiger charge is 2.07. The fraction of sp³-hybridized carbons (Fsp3) is 0.467. The Bertz CT molecular complexity index is 537. The van der Waals surface area contributed by atoms with Gasteiger partial charge < -0.3 is 14.6 Å². The molecule has 0 fully saturated rings. The van der Waals surface area contributed by atoms with Crippen molar-refractivity contribution < 1.29 is 9.26 Å². The maximum Gasteiger partial charge on any atom is 0.240 e. The molecule has 0 saturated heterocycles. The van der Waals surface area contributed by atoms with Gasteiger partial charge in [-0.3, -0.25) is 0 Å². The molecule has 5 nitrogen and oxygen atoms in total. The van der Waals surface area contributed by atoms with E-state index in [1.165, 1.54) is 0 Å². The van der Waals surface area contributed by atoms with Gasteiger partial charge in [0.05, 0.1) is 13.7 Å². The number of rotatable bonds is 7. The SMILES string of the molecule is COc1cccc(Cc2noc(CNCC(C)C)n2)c1. The predicted octanol–water partition coefficient (Wildman–Crippen LogP) is 2.41. The number of nitrogens with one attached hydrogen (secondary N) is 1. The second-order valence-corrected chi connectivity index (χ2v) is 5.16. The largest absolute Gasteiger partial charge is 0.497 e. The lowest BCUT2D eigenvalue weighted by atomic mass is 10.1. The molecule has 2 aromatic rings. The molecule has 1 heterocycles. The Hall–Kier alpha value is -1.88. The van der Waals surface area contributed by atoms with Gasteiger partial charge in [-0.05, 0) is 30.2 Å². The van der Waals surface area contributed by atoms with Crippen LogP contribution in [-0.4, -0.2) is 23.8 Å². The topological polar surface area (TPSA) is 60.2 Å². The van der Waals surface area contributed by atoms with Gasteiger partial charge in [0.2, 0.25) is 5.89 Å². The highest BCUT2D eigenvalue weighted by Crippen LogP contribution is 2.15. The molecule has 2 rings (SSSR count). The van der Waals surface area contributed by atoms with Gasteiger partial charge >= 0.3 is 0 Å². The van der Waals surface area contributed by atoms with Crippen molar-refractivity contribution in [2.75, 3.05) is 13.7 Å². The second-order valence-electron chi connectivity index (χ2n) is 5.16. The monoisotopic (exact) mass is 275 g/mol. The van der Waals surface area contributed by atoms with Crippen molar-refractivity contribution in [3.05, 3.63) is 41.5 Å². The first-order valence-electron chi connectivity index (χ1n) is 6.82. The predicted molar refractivity (Wildman–Crippen MR) is 76.6 cm³/mol. The molecule has 0 aliphatic heterocycles. The van der Waals surface area contributed by atoms with E-state index in [0.717, 1.165) is 17.9 Å². The summed E-state index contributed by atoms with van der Waals surface area (Å²) < 4.78 is 10.4. The van der Waals surface area contributed by atoms with Crippen LogP contribution in [0.5, 0.6) is 5.75 Å². The minimum absolute atomic E-state index is 0.606. The molecule has 0 atom stereocenters. The minimum Gasteiger partial charge on any atom is -0.497 e. The molecule has 0 radical (unpaired) electrons. The molecule has 5 heteroatoms. The average Bonchev–Trinajstić information content (AvgIpc) is 2.86. The molecule has 1 aromatic carbocycles. The summed E-state index contributed by atoms with van der Waals surface area (Å²) in [6.07, 6.45) is 0.644. The van der Waals surface area contributed by atoms with Crippen LogP contribution in [0.25, 0.3) is 0 Å². The number of nitrogens with zero attached hydrogens (tertiary/aromatic N) is 2. The Balaban J connectivity index is 1.91. The lowest BCUT2D eigenvalue weighted by Crippen LogP contribution is -2.19. The quantitative estimate of drug-likeness (QED) is 0.841. The van der Waals surface area contributed by atoms with E-state index < -0.39 is 0 Å². The van der Waals surface area contributed by atoms with Crippen molar-refractivity contribution in [3.8, 4) is 5.75 Å². The van der Waals surface area contributed by atoms with Crippen molar-refractivity contribution in [1.29, 1.82) is 0 Å². The van der Waals surface area contributed by atoms with Crippen LogP contribution in [-0.2, 0) is 13.0 Å². The van der Waals surface area contributed by atoms with Crippen LogP contribution in [0.2, 0.25) is 0 Å². The summed E-state index contributed by atoms with van der Waals surface area (Å²) >= 11 is 0. The summed E-state index contributed by atoms with van der Waals surface area (Å²) in [6, 6.07) is 7.88. The molecule has 0 saturated carbocycles. The van der Waals surface area contributed by atoms with E-state index in [9.17, 15) is 0 Å². The van der Waals surface area contributed by atoms with Crippen LogP contribution in [0.4, 0.5) is 0 Å². The number of hydrogen-bond acceptors (Lipinski definition) is 5. The number of benzene rings is 1. The fourth-order valence-corrected chi connectivity index (χ4v) is 1.87. The van der Waals surface area contributed by atoms with Crippen LogP contribution in [0.15, 0.2) is 28.8 Å². The normalized spacial score (nSPS) is 11.0. The van der Waals surface area contributed by atoms with E-state index >= 15 is 0 Å². The van der Waals surface area contributed by atoms with Gasteiger partial charge in [0.15, 0.2) is 5.82 Å². The van der Waals surface area contributed by atoms with E-state index in [2.05, 4.69) is 29.3 Å². The zero-order chi connectivity index (χ0) is 14.4. The number of methoxy groups -OCH3 is 1. The van der Waals surface area contributed by atoms with Gasteiger partial charge in [-0.2, -0.15) is 4.98 Å². The third-order valence-corrected chi connectivity index (χ3v) is 2.84. The van der Waals surface area contributed by atoms with Gasteiger partial charge in [-0.1, -0.05) is 31.1 Å². The molecule has 1 aromatic heterocycles. The first-order valence-corrected chi connectivity index (χ1v) is 6.82. The summed E-state index contributed by atoms with van der Waals surface area (Å²) in [5, 5.41) is 7.28. The number of ether oxygens (including phenoxy) is 1. The summed E-state index contributed by atoms with van der Waals surface area (Å²) in [5.41, 5.74) is 1.10. The Morgan fingerprint density at radius 2 is 2.20 bits per heavy atom. The fourth-order valence-electron chi connectivity index (χ4n) is 1.87. The Labute approximate surface area is 119 Å². The third-order valence-electron chi connectivity index (χ3n) is 2.84. The molecule has 0 spiro atoms. The van der Waals surface area contributed by atoms with Crippen molar-refractivity contribution >= 4 is 0 Å². The smallest absolute Gasteiger partial charge is 0.240 e. The maximum atomic E-state index is 5.22. The van der Waals surface area contributed by atoms with Gasteiger partial charge in [0.25, 0.3) is 0 Å². The maximum absolute atomic E-state index is 5.22. The van der Waals surface area contributed by atoms with E-state index in [1.807, 2.05) is 24.3 Å². The molecule has 0 amide bonds. The van der Waals surface area contributed by atoms with Gasteiger partial charge in [-0.15, -0.1) is 0 Å². The van der Waals surface area contributed by atoms with E-state index in [1.54, 1.807) is 7.11 Å². The van der Waals surface area contributed by atoms with E-state index in [4.69, 9.17) is 9.26 Å². The zero-order valence-corrected chi connectivity index (χ0v) is 12.2. The Kier molecular flexibility index (Phi) is 5.12. The highest BCUT2D eigenvalue weighted by molar-refractivity contribution is 5.29. The van der Waals surface area contributed by atoms with Gasteiger partial charge in [-0.25, -0.2) is 0 Å². The lowest BCUT2D eigenvalue weighted by molar-refractivity contribution is 0.360. The minimum atomic E-state index is 0.606. The standard InChI is InChI=1S/C15H21N3O2/c1-11(2)9-16-10-15-17-14(18-20-15)8-12-5-4-6-13(7-12)19-3/h4-7,11,16H,8-10H2,1-3H3. The van der Waals surface area contributed by atoms with Crippen molar-refractivity contribution in [2.24, 2.45) is 5.92 Å². The Morgan fingerprint density at radius 3 is 2.95 bits per heavy atom. The first-order chi connectivity index (χ1) is 9.67. The third kappa shape index (κ3) is 4.35. The zero-order valence-electron chi connectivity index (χ0n) is 12.2. The summed E-state index contributed by atoms with van der Waals surface area (Å²) in [7, 11) is 1.66. The molecule has 1 N–H and O–H groups in total. The molecule has 0 bridgehead atoms. The molecule has 0 aliphatic rings. The van der Waals surface area contributed by atoms with Crippen molar-refractivity contribution in [3.63, 3.8) is 0 Å². The van der Waals surface area contributed by atoms with Crippen LogP contribution >= 0.6 is 0 Å². The van der Waals surface area contributed by atoms with Crippen LogP contribution in [0, 0.1) is 5.92 Å². The number of aromatic nitrogens is 2. The van der Waals surface area contributed by atoms with Crippen LogP contribution in [0.1, 0.15) is 31.1 Å². The lowest BCUT2D eigenvalue weighted by Gasteiger charge is -2.03. The molecule has 0 aliphatic carbocycles. The summed E-state index contributed by atoms with van der Waals surface area (Å²) in [4.78, 5) is 4.38. The summed E-state index contributed by atoms with van der Waals surface area (Å²) in [6.45, 7) is 5.88. The first kappa shape index (κ1) is 14.5. The average molecular weight is 275 g/mol. The van der Waals surface area contributed by atoms with Gasteiger partial charge in [0, 0.05) is 6.42 Å². The summed E-state index contributed by atoms with van der Waals surface area (Å²) in [5.74, 6) is 2.77. The van der Waals surface area contributed by atoms with E-state index in [-0.39, 0.29) is 0 Å². The molecular weight excluding hydrogens is 254 g/mol. The van der Waals surface area contributed by atoms with Crippen molar-refractivity contribution in [2.45, 2.75) is 26.8 Å². The van der Waals surface area contributed by atoms with Crippen LogP contribution < -0.4 is 10.1 Å². The van der Waals surface area contributed by atoms with Gasteiger partial charge in [0.1, 0.15) is 5.75 Å². The Morgan fingerprint density at radius 1 is 1.35 bits per heavy atom. The highest BCUT2D eigenvalue weighted by atomic mass is 16.5. The second kappa shape index (κ2) is 7.05. The number of hydrogen-bond donors (Lipinski definition) is 1. The molecule has 0 unspecified atom stereocenters. The molecule has 20 heavy (non-hydrogen) atoms. The van der Waals surface area contributed by atoms with Crippen LogP contribution in [0.3, 0.4) is 0 Å². The molecule has 108 valence electrons. The van der Waals surface area contributed by atoms with E-state index in [0.29, 0.717) is 30.6 Å².